The Bertz CT molecular complexity index is 443. The zero-order valence-corrected chi connectivity index (χ0v) is 12.1. The van der Waals surface area contributed by atoms with E-state index < -0.39 is 0 Å². The number of fused-ring (bicyclic) bond motifs is 2. The SMILES string of the molecule is c1cc(C23CCC(COC4CCCCO4)(CC2)C3)n[nH]1. The molecule has 3 fully saturated rings. The third kappa shape index (κ3) is 2.09. The maximum atomic E-state index is 6.10. The van der Waals surface area contributed by atoms with E-state index in [9.17, 15) is 0 Å². The summed E-state index contributed by atoms with van der Waals surface area (Å²) in [6, 6.07) is 2.16. The van der Waals surface area contributed by atoms with Crippen molar-refractivity contribution >= 4 is 0 Å². The number of rotatable bonds is 4. The number of aromatic nitrogens is 2. The summed E-state index contributed by atoms with van der Waals surface area (Å²) >= 11 is 0. The molecule has 0 spiro atoms. The van der Waals surface area contributed by atoms with Crippen LogP contribution in [0.15, 0.2) is 12.3 Å². The highest BCUT2D eigenvalue weighted by Gasteiger charge is 2.56. The normalized spacial score (nSPS) is 40.3. The van der Waals surface area contributed by atoms with E-state index in [1.807, 2.05) is 6.20 Å². The molecule has 0 amide bonds. The minimum atomic E-state index is 0.0547. The summed E-state index contributed by atoms with van der Waals surface area (Å²) < 4.78 is 11.8. The molecule has 2 saturated carbocycles. The van der Waals surface area contributed by atoms with E-state index in [2.05, 4.69) is 16.3 Å². The van der Waals surface area contributed by atoms with Gasteiger partial charge in [0.1, 0.15) is 0 Å². The van der Waals surface area contributed by atoms with Crippen LogP contribution in [0.2, 0.25) is 0 Å². The molecule has 110 valence electrons. The summed E-state index contributed by atoms with van der Waals surface area (Å²) in [6.07, 6.45) is 11.9. The van der Waals surface area contributed by atoms with Gasteiger partial charge in [-0.05, 0) is 62.8 Å². The first-order valence-corrected chi connectivity index (χ1v) is 8.04. The second kappa shape index (κ2) is 4.85. The molecule has 1 unspecified atom stereocenters. The van der Waals surface area contributed by atoms with Gasteiger partial charge >= 0.3 is 0 Å². The third-order valence-electron chi connectivity index (χ3n) is 5.74. The van der Waals surface area contributed by atoms with Crippen molar-refractivity contribution in [3.8, 4) is 0 Å². The molecule has 0 aromatic carbocycles. The maximum Gasteiger partial charge on any atom is 0.157 e. The molecule has 2 bridgehead atoms. The number of nitrogens with one attached hydrogen (secondary N) is 1. The number of H-pyrrole nitrogens is 1. The van der Waals surface area contributed by atoms with E-state index in [4.69, 9.17) is 9.47 Å². The number of aromatic amines is 1. The molecule has 2 heterocycles. The summed E-state index contributed by atoms with van der Waals surface area (Å²) in [5, 5.41) is 7.44. The molecular weight excluding hydrogens is 252 g/mol. The second-order valence-corrected chi connectivity index (χ2v) is 7.02. The van der Waals surface area contributed by atoms with Gasteiger partial charge in [-0.15, -0.1) is 0 Å². The first-order chi connectivity index (χ1) is 9.80. The highest BCUT2D eigenvalue weighted by atomic mass is 16.7. The van der Waals surface area contributed by atoms with Gasteiger partial charge in [-0.2, -0.15) is 5.10 Å². The Morgan fingerprint density at radius 2 is 2.20 bits per heavy atom. The Kier molecular flexibility index (Phi) is 3.11. The van der Waals surface area contributed by atoms with Crippen LogP contribution >= 0.6 is 0 Å². The Hall–Kier alpha value is -0.870. The minimum Gasteiger partial charge on any atom is -0.353 e. The van der Waals surface area contributed by atoms with Crippen molar-refractivity contribution < 1.29 is 9.47 Å². The Morgan fingerprint density at radius 1 is 1.30 bits per heavy atom. The van der Waals surface area contributed by atoms with Crippen LogP contribution in [0.5, 0.6) is 0 Å². The van der Waals surface area contributed by atoms with E-state index in [1.54, 1.807) is 0 Å². The number of nitrogens with zero attached hydrogens (tertiary/aromatic N) is 1. The Balaban J connectivity index is 1.40. The molecule has 1 aromatic heterocycles. The van der Waals surface area contributed by atoms with Gasteiger partial charge in [-0.25, -0.2) is 0 Å². The maximum absolute atomic E-state index is 6.10. The van der Waals surface area contributed by atoms with Crippen LogP contribution in [-0.4, -0.2) is 29.7 Å². The van der Waals surface area contributed by atoms with Crippen LogP contribution in [0.4, 0.5) is 0 Å². The van der Waals surface area contributed by atoms with Gasteiger partial charge in [0.05, 0.1) is 12.3 Å². The predicted octanol–water partition coefficient (Wildman–Crippen LogP) is 3.15. The highest BCUT2D eigenvalue weighted by molar-refractivity contribution is 5.23. The smallest absolute Gasteiger partial charge is 0.157 e. The van der Waals surface area contributed by atoms with Crippen molar-refractivity contribution in [3.63, 3.8) is 0 Å². The van der Waals surface area contributed by atoms with Crippen LogP contribution in [0.25, 0.3) is 0 Å². The standard InChI is InChI=1S/C16H24N2O2/c1-2-10-19-14(3-1)20-12-15-5-7-16(11-15,8-6-15)13-4-9-17-18-13/h4,9,14H,1-3,5-8,10-12H2,(H,17,18). The Morgan fingerprint density at radius 3 is 2.90 bits per heavy atom. The van der Waals surface area contributed by atoms with E-state index >= 15 is 0 Å². The lowest BCUT2D eigenvalue weighted by Gasteiger charge is -2.30. The number of hydrogen-bond acceptors (Lipinski definition) is 3. The molecule has 1 N–H and O–H groups in total. The van der Waals surface area contributed by atoms with Crippen molar-refractivity contribution in [1.29, 1.82) is 0 Å². The van der Waals surface area contributed by atoms with Crippen molar-refractivity contribution in [2.75, 3.05) is 13.2 Å². The second-order valence-electron chi connectivity index (χ2n) is 7.02. The molecule has 4 rings (SSSR count). The largest absolute Gasteiger partial charge is 0.353 e. The highest BCUT2D eigenvalue weighted by Crippen LogP contribution is 2.62. The lowest BCUT2D eigenvalue weighted by molar-refractivity contribution is -0.178. The van der Waals surface area contributed by atoms with E-state index in [-0.39, 0.29) is 6.29 Å². The van der Waals surface area contributed by atoms with Crippen LogP contribution in [0.3, 0.4) is 0 Å². The summed E-state index contributed by atoms with van der Waals surface area (Å²) in [4.78, 5) is 0. The summed E-state index contributed by atoms with van der Waals surface area (Å²) in [5.41, 5.74) is 1.99. The zero-order valence-electron chi connectivity index (χ0n) is 12.1. The third-order valence-corrected chi connectivity index (χ3v) is 5.74. The van der Waals surface area contributed by atoms with Crippen molar-refractivity contribution in [1.82, 2.24) is 10.2 Å². The first kappa shape index (κ1) is 12.8. The average Bonchev–Trinajstić information content (AvgIpc) is 3.22. The topological polar surface area (TPSA) is 47.1 Å². The molecule has 1 saturated heterocycles. The Labute approximate surface area is 120 Å². The van der Waals surface area contributed by atoms with Gasteiger partial charge in [0.2, 0.25) is 0 Å². The molecular formula is C16H24N2O2. The molecule has 3 aliphatic rings. The number of ether oxygens (including phenoxy) is 2. The van der Waals surface area contributed by atoms with Crippen LogP contribution in [0, 0.1) is 5.41 Å². The molecule has 4 heteroatoms. The molecule has 1 aliphatic heterocycles. The quantitative estimate of drug-likeness (QED) is 0.919. The minimum absolute atomic E-state index is 0.0547. The first-order valence-electron chi connectivity index (χ1n) is 8.04. The lowest BCUT2D eigenvalue weighted by atomic mass is 9.80. The van der Waals surface area contributed by atoms with Crippen molar-refractivity contribution in [2.24, 2.45) is 5.41 Å². The fourth-order valence-corrected chi connectivity index (χ4v) is 4.54. The van der Waals surface area contributed by atoms with Gasteiger partial charge in [-0.3, -0.25) is 5.10 Å². The molecule has 1 atom stereocenters. The fraction of sp³-hybridized carbons (Fsp3) is 0.812. The summed E-state index contributed by atoms with van der Waals surface area (Å²) in [5.74, 6) is 0. The number of hydrogen-bond donors (Lipinski definition) is 1. The van der Waals surface area contributed by atoms with E-state index in [1.165, 1.54) is 50.6 Å². The molecule has 4 nitrogen and oxygen atoms in total. The van der Waals surface area contributed by atoms with Crippen LogP contribution < -0.4 is 0 Å². The van der Waals surface area contributed by atoms with Crippen molar-refractivity contribution in [3.05, 3.63) is 18.0 Å². The van der Waals surface area contributed by atoms with Crippen LogP contribution in [-0.2, 0) is 14.9 Å². The van der Waals surface area contributed by atoms with Gasteiger partial charge in [-0.1, -0.05) is 0 Å². The van der Waals surface area contributed by atoms with Crippen molar-refractivity contribution in [2.45, 2.75) is 63.1 Å². The molecule has 0 radical (unpaired) electrons. The van der Waals surface area contributed by atoms with Gasteiger partial charge in [0.25, 0.3) is 0 Å². The molecule has 2 aliphatic carbocycles. The summed E-state index contributed by atoms with van der Waals surface area (Å²) in [6.45, 7) is 1.75. The van der Waals surface area contributed by atoms with Gasteiger partial charge < -0.3 is 9.47 Å². The lowest BCUT2D eigenvalue weighted by Crippen LogP contribution is -2.29. The average molecular weight is 276 g/mol. The van der Waals surface area contributed by atoms with Gasteiger partial charge in [0, 0.05) is 18.2 Å². The van der Waals surface area contributed by atoms with E-state index in [0.29, 0.717) is 10.8 Å². The summed E-state index contributed by atoms with van der Waals surface area (Å²) in [7, 11) is 0. The van der Waals surface area contributed by atoms with Crippen LogP contribution in [0.1, 0.15) is 57.1 Å². The predicted molar refractivity (Wildman–Crippen MR) is 75.3 cm³/mol. The molecule has 20 heavy (non-hydrogen) atoms. The fourth-order valence-electron chi connectivity index (χ4n) is 4.54. The zero-order chi connectivity index (χ0) is 13.5. The van der Waals surface area contributed by atoms with E-state index in [0.717, 1.165) is 19.6 Å². The monoisotopic (exact) mass is 276 g/mol. The molecule has 1 aromatic rings. The van der Waals surface area contributed by atoms with Gasteiger partial charge in [0.15, 0.2) is 6.29 Å².